The highest BCUT2D eigenvalue weighted by Gasteiger charge is 2.52. The second-order valence-electron chi connectivity index (χ2n) is 14.5. The van der Waals surface area contributed by atoms with Crippen molar-refractivity contribution in [2.45, 2.75) is 142 Å². The molecule has 45 heavy (non-hydrogen) atoms. The first kappa shape index (κ1) is 35.0. The standard InChI is InChI=1S/C33H47F2N5O4S/c1-20-15-22(16-21(2)38(20)30(42)44-31(3,4)5)13-14-43-25-11-9-23(10-12-25)40-29(45)39(28(41)32(40,6)7)24-17-26(33(8,34)35)27(18-36)37-19-24/h17,19-23,25H,9-16H2,1-8H3. The zero-order valence-corrected chi connectivity index (χ0v) is 28.5. The second kappa shape index (κ2) is 13.1. The molecule has 0 spiro atoms. The van der Waals surface area contributed by atoms with E-state index in [4.69, 9.17) is 21.7 Å². The molecule has 1 aliphatic carbocycles. The van der Waals surface area contributed by atoms with Crippen LogP contribution in [0.25, 0.3) is 0 Å². The maximum atomic E-state index is 14.3. The lowest BCUT2D eigenvalue weighted by molar-refractivity contribution is -0.124. The number of aromatic nitrogens is 1. The third-order valence-corrected chi connectivity index (χ3v) is 9.61. The number of ether oxygens (including phenoxy) is 2. The smallest absolute Gasteiger partial charge is 0.410 e. The Labute approximate surface area is 271 Å². The lowest BCUT2D eigenvalue weighted by Gasteiger charge is -2.43. The van der Waals surface area contributed by atoms with Crippen molar-refractivity contribution < 1.29 is 27.8 Å². The Kier molecular flexibility index (Phi) is 10.2. The molecule has 3 aliphatic rings. The van der Waals surface area contributed by atoms with Crippen LogP contribution in [-0.4, -0.2) is 73.9 Å². The van der Waals surface area contributed by atoms with Gasteiger partial charge in [0, 0.05) is 31.7 Å². The molecule has 2 unspecified atom stereocenters. The van der Waals surface area contributed by atoms with E-state index >= 15 is 0 Å². The lowest BCUT2D eigenvalue weighted by atomic mass is 9.85. The Morgan fingerprint density at radius 1 is 1.13 bits per heavy atom. The molecule has 3 heterocycles. The number of halogens is 2. The minimum atomic E-state index is -3.31. The molecule has 12 heteroatoms. The number of alkyl halides is 2. The Hall–Kier alpha value is -2.91. The minimum absolute atomic E-state index is 0.00129. The van der Waals surface area contributed by atoms with Gasteiger partial charge in [0.25, 0.3) is 11.8 Å². The van der Waals surface area contributed by atoms with Gasteiger partial charge >= 0.3 is 6.09 Å². The highest BCUT2D eigenvalue weighted by Crippen LogP contribution is 2.40. The number of nitrogens with zero attached hydrogens (tertiary/aromatic N) is 5. The first-order valence-corrected chi connectivity index (χ1v) is 16.3. The molecular formula is C33H47F2N5O4S. The predicted octanol–water partition coefficient (Wildman–Crippen LogP) is 6.92. The molecular weight excluding hydrogens is 600 g/mol. The molecule has 1 aromatic rings. The Morgan fingerprint density at radius 3 is 2.27 bits per heavy atom. The Morgan fingerprint density at radius 2 is 1.73 bits per heavy atom. The fourth-order valence-corrected chi connectivity index (χ4v) is 7.72. The number of nitriles is 1. The molecule has 0 N–H and O–H groups in total. The summed E-state index contributed by atoms with van der Waals surface area (Å²) in [4.78, 5) is 35.3. The molecule has 0 aromatic carbocycles. The fourth-order valence-electron chi connectivity index (χ4n) is 7.15. The third kappa shape index (κ3) is 7.57. The molecule has 248 valence electrons. The lowest BCUT2D eigenvalue weighted by Crippen LogP contribution is -2.51. The molecule has 1 saturated carbocycles. The van der Waals surface area contributed by atoms with Crippen LogP contribution in [0.4, 0.5) is 19.3 Å². The number of rotatable bonds is 7. The summed E-state index contributed by atoms with van der Waals surface area (Å²) in [5.41, 5.74) is -2.28. The van der Waals surface area contributed by atoms with Gasteiger partial charge < -0.3 is 19.3 Å². The number of amides is 2. The number of carbonyl (C=O) groups excluding carboxylic acids is 2. The summed E-state index contributed by atoms with van der Waals surface area (Å²) in [7, 11) is 0. The van der Waals surface area contributed by atoms with E-state index in [0.717, 1.165) is 51.0 Å². The molecule has 9 nitrogen and oxygen atoms in total. The summed E-state index contributed by atoms with van der Waals surface area (Å²) in [6.07, 6.45) is 7.08. The van der Waals surface area contributed by atoms with Crippen molar-refractivity contribution in [3.63, 3.8) is 0 Å². The Bertz CT molecular complexity index is 1320. The summed E-state index contributed by atoms with van der Waals surface area (Å²) in [6, 6.07) is 3.05. The summed E-state index contributed by atoms with van der Waals surface area (Å²) in [6.45, 7) is 14.8. The van der Waals surface area contributed by atoms with Gasteiger partial charge in [-0.1, -0.05) is 0 Å². The van der Waals surface area contributed by atoms with Gasteiger partial charge in [0.1, 0.15) is 22.9 Å². The van der Waals surface area contributed by atoms with Gasteiger partial charge in [-0.05, 0) is 118 Å². The van der Waals surface area contributed by atoms with E-state index in [1.165, 1.54) is 11.1 Å². The predicted molar refractivity (Wildman–Crippen MR) is 171 cm³/mol. The van der Waals surface area contributed by atoms with E-state index < -0.39 is 22.6 Å². The van der Waals surface area contributed by atoms with Gasteiger partial charge in [0.15, 0.2) is 5.11 Å². The largest absolute Gasteiger partial charge is 0.444 e. The number of pyridine rings is 1. The van der Waals surface area contributed by atoms with E-state index in [0.29, 0.717) is 19.4 Å². The van der Waals surface area contributed by atoms with Crippen molar-refractivity contribution in [2.24, 2.45) is 5.92 Å². The van der Waals surface area contributed by atoms with Crippen LogP contribution in [0, 0.1) is 17.2 Å². The molecule has 0 radical (unpaired) electrons. The van der Waals surface area contributed by atoms with Crippen LogP contribution >= 0.6 is 12.2 Å². The number of likely N-dealkylation sites (tertiary alicyclic amines) is 1. The van der Waals surface area contributed by atoms with E-state index in [-0.39, 0.29) is 52.7 Å². The van der Waals surface area contributed by atoms with Crippen molar-refractivity contribution in [1.82, 2.24) is 14.8 Å². The van der Waals surface area contributed by atoms with Crippen molar-refractivity contribution in [1.29, 1.82) is 5.26 Å². The van der Waals surface area contributed by atoms with Crippen molar-refractivity contribution >= 4 is 35.0 Å². The second-order valence-corrected chi connectivity index (χ2v) is 14.8. The van der Waals surface area contributed by atoms with Gasteiger partial charge in [0.2, 0.25) is 0 Å². The SMILES string of the molecule is CC1CC(CCOC2CCC(N3C(=S)N(c4cnc(C#N)c(C(C)(F)F)c4)C(=O)C3(C)C)CC2)CC(C)N1C(=O)OC(C)(C)C. The first-order valence-electron chi connectivity index (χ1n) is 15.9. The van der Waals surface area contributed by atoms with Gasteiger partial charge in [-0.2, -0.15) is 5.26 Å². The van der Waals surface area contributed by atoms with E-state index in [9.17, 15) is 23.6 Å². The van der Waals surface area contributed by atoms with Crippen molar-refractivity contribution in [3.05, 3.63) is 23.5 Å². The fraction of sp³-hybridized carbons (Fsp3) is 0.727. The van der Waals surface area contributed by atoms with E-state index in [2.05, 4.69) is 18.8 Å². The zero-order valence-electron chi connectivity index (χ0n) is 27.7. The number of carbonyl (C=O) groups is 2. The van der Waals surface area contributed by atoms with Crippen LogP contribution in [0.2, 0.25) is 0 Å². The zero-order chi connectivity index (χ0) is 33.5. The third-order valence-electron chi connectivity index (χ3n) is 9.23. The molecule has 3 fully saturated rings. The normalized spacial score (nSPS) is 27.5. The van der Waals surface area contributed by atoms with Gasteiger partial charge in [-0.25, -0.2) is 18.6 Å². The summed E-state index contributed by atoms with van der Waals surface area (Å²) >= 11 is 5.78. The highest BCUT2D eigenvalue weighted by atomic mass is 32.1. The topological polar surface area (TPSA) is 99.0 Å². The van der Waals surface area contributed by atoms with Crippen LogP contribution in [-0.2, 0) is 20.2 Å². The van der Waals surface area contributed by atoms with Gasteiger partial charge in [0.05, 0.1) is 23.6 Å². The van der Waals surface area contributed by atoms with Gasteiger partial charge in [-0.15, -0.1) is 0 Å². The molecule has 0 bridgehead atoms. The van der Waals surface area contributed by atoms with Gasteiger partial charge in [-0.3, -0.25) is 9.69 Å². The summed E-state index contributed by atoms with van der Waals surface area (Å²) in [5, 5.41) is 9.53. The molecule has 4 rings (SSSR count). The first-order chi connectivity index (χ1) is 20.8. The number of hydrogen-bond donors (Lipinski definition) is 0. The maximum absolute atomic E-state index is 14.3. The average Bonchev–Trinajstić information content (AvgIpc) is 3.09. The molecule has 2 amide bonds. The number of hydrogen-bond acceptors (Lipinski definition) is 7. The number of piperidine rings is 1. The van der Waals surface area contributed by atoms with E-state index in [1.807, 2.05) is 30.6 Å². The average molecular weight is 648 g/mol. The molecule has 2 saturated heterocycles. The molecule has 1 aromatic heterocycles. The summed E-state index contributed by atoms with van der Waals surface area (Å²) < 4.78 is 40.5. The maximum Gasteiger partial charge on any atom is 0.410 e. The van der Waals surface area contributed by atoms with Crippen LogP contribution in [0.3, 0.4) is 0 Å². The van der Waals surface area contributed by atoms with Crippen LogP contribution in [0.1, 0.15) is 112 Å². The van der Waals surface area contributed by atoms with Crippen LogP contribution in [0.5, 0.6) is 0 Å². The van der Waals surface area contributed by atoms with Crippen molar-refractivity contribution in [2.75, 3.05) is 11.5 Å². The minimum Gasteiger partial charge on any atom is -0.444 e. The summed E-state index contributed by atoms with van der Waals surface area (Å²) in [5.74, 6) is -3.15. The number of anilines is 1. The Balaban J connectivity index is 1.31. The van der Waals surface area contributed by atoms with Crippen LogP contribution < -0.4 is 4.90 Å². The van der Waals surface area contributed by atoms with Crippen LogP contribution in [0.15, 0.2) is 12.3 Å². The highest BCUT2D eigenvalue weighted by molar-refractivity contribution is 7.80. The quantitative estimate of drug-likeness (QED) is 0.294. The molecule has 2 atom stereocenters. The molecule has 2 aliphatic heterocycles. The van der Waals surface area contributed by atoms with Crippen molar-refractivity contribution in [3.8, 4) is 6.07 Å². The number of thiocarbonyl (C=S) groups is 1. The monoisotopic (exact) mass is 647 g/mol. The van der Waals surface area contributed by atoms with E-state index in [1.54, 1.807) is 19.9 Å².